The fourth-order valence-corrected chi connectivity index (χ4v) is 2.88. The third-order valence-corrected chi connectivity index (χ3v) is 4.07. The van der Waals surface area contributed by atoms with Crippen LogP contribution >= 0.6 is 11.6 Å². The standard InChI is InChI=1S/C15H21ClN2O/c1-17-9-8-15(19)18-10-4-6-13(18)11-12-5-2-3-7-14(12)16/h2-3,5,7,13,17H,4,6,8-11H2,1H3. The van der Waals surface area contributed by atoms with Crippen molar-refractivity contribution >= 4 is 17.5 Å². The Balaban J connectivity index is 1.99. The molecule has 1 saturated heterocycles. The van der Waals surface area contributed by atoms with Crippen LogP contribution in [0.4, 0.5) is 0 Å². The van der Waals surface area contributed by atoms with Crippen molar-refractivity contribution in [2.24, 2.45) is 0 Å². The number of nitrogens with one attached hydrogen (secondary N) is 1. The average molecular weight is 281 g/mol. The molecule has 0 saturated carbocycles. The third kappa shape index (κ3) is 3.71. The molecule has 1 aromatic rings. The van der Waals surface area contributed by atoms with E-state index in [1.54, 1.807) is 0 Å². The van der Waals surface area contributed by atoms with Crippen molar-refractivity contribution in [2.45, 2.75) is 31.7 Å². The highest BCUT2D eigenvalue weighted by atomic mass is 35.5. The van der Waals surface area contributed by atoms with Crippen molar-refractivity contribution in [1.82, 2.24) is 10.2 Å². The molecule has 1 fully saturated rings. The van der Waals surface area contributed by atoms with Gasteiger partial charge in [-0.05, 0) is 37.9 Å². The van der Waals surface area contributed by atoms with Crippen LogP contribution in [0.15, 0.2) is 24.3 Å². The van der Waals surface area contributed by atoms with Crippen molar-refractivity contribution in [3.8, 4) is 0 Å². The van der Waals surface area contributed by atoms with E-state index in [2.05, 4.69) is 11.4 Å². The number of amides is 1. The molecule has 0 aromatic heterocycles. The molecule has 2 rings (SSSR count). The van der Waals surface area contributed by atoms with Crippen LogP contribution in [0.2, 0.25) is 5.02 Å². The quantitative estimate of drug-likeness (QED) is 0.899. The van der Waals surface area contributed by atoms with Gasteiger partial charge in [-0.15, -0.1) is 0 Å². The van der Waals surface area contributed by atoms with Crippen LogP contribution in [0, 0.1) is 0 Å². The summed E-state index contributed by atoms with van der Waals surface area (Å²) in [6, 6.07) is 8.22. The SMILES string of the molecule is CNCCC(=O)N1CCCC1Cc1ccccc1Cl. The van der Waals surface area contributed by atoms with Crippen LogP contribution in [0.3, 0.4) is 0 Å². The molecule has 104 valence electrons. The summed E-state index contributed by atoms with van der Waals surface area (Å²) in [6.45, 7) is 1.63. The second-order valence-electron chi connectivity index (χ2n) is 5.03. The van der Waals surface area contributed by atoms with Crippen LogP contribution < -0.4 is 5.32 Å². The summed E-state index contributed by atoms with van der Waals surface area (Å²) >= 11 is 6.20. The molecule has 1 amide bonds. The molecule has 1 N–H and O–H groups in total. The summed E-state index contributed by atoms with van der Waals surface area (Å²) in [7, 11) is 1.87. The van der Waals surface area contributed by atoms with Gasteiger partial charge >= 0.3 is 0 Å². The van der Waals surface area contributed by atoms with Gasteiger partial charge in [-0.3, -0.25) is 4.79 Å². The monoisotopic (exact) mass is 280 g/mol. The number of nitrogens with zero attached hydrogens (tertiary/aromatic N) is 1. The number of carbonyl (C=O) groups is 1. The number of rotatable bonds is 5. The maximum atomic E-state index is 12.1. The van der Waals surface area contributed by atoms with Crippen LogP contribution in [-0.4, -0.2) is 37.0 Å². The maximum Gasteiger partial charge on any atom is 0.224 e. The molecular weight excluding hydrogens is 260 g/mol. The van der Waals surface area contributed by atoms with Gasteiger partial charge in [-0.25, -0.2) is 0 Å². The summed E-state index contributed by atoms with van der Waals surface area (Å²) in [4.78, 5) is 14.2. The first kappa shape index (κ1) is 14.4. The lowest BCUT2D eigenvalue weighted by Crippen LogP contribution is -2.38. The van der Waals surface area contributed by atoms with Gasteiger partial charge in [0.25, 0.3) is 0 Å². The molecule has 1 aromatic carbocycles. The lowest BCUT2D eigenvalue weighted by Gasteiger charge is -2.25. The van der Waals surface area contributed by atoms with Gasteiger partial charge in [0.1, 0.15) is 0 Å². The average Bonchev–Trinajstić information content (AvgIpc) is 2.87. The van der Waals surface area contributed by atoms with Crippen LogP contribution in [0.25, 0.3) is 0 Å². The van der Waals surface area contributed by atoms with E-state index in [1.807, 2.05) is 30.1 Å². The number of benzene rings is 1. The molecule has 1 unspecified atom stereocenters. The smallest absolute Gasteiger partial charge is 0.224 e. The fraction of sp³-hybridized carbons (Fsp3) is 0.533. The van der Waals surface area contributed by atoms with E-state index < -0.39 is 0 Å². The molecule has 1 atom stereocenters. The predicted molar refractivity (Wildman–Crippen MR) is 78.4 cm³/mol. The highest BCUT2D eigenvalue weighted by Crippen LogP contribution is 2.25. The summed E-state index contributed by atoms with van der Waals surface area (Å²) in [5.41, 5.74) is 1.14. The van der Waals surface area contributed by atoms with E-state index in [4.69, 9.17) is 11.6 Å². The normalized spacial score (nSPS) is 18.8. The van der Waals surface area contributed by atoms with Gasteiger partial charge in [0, 0.05) is 30.6 Å². The first-order valence-electron chi connectivity index (χ1n) is 6.90. The zero-order valence-corrected chi connectivity index (χ0v) is 12.1. The van der Waals surface area contributed by atoms with E-state index in [0.29, 0.717) is 12.5 Å². The summed E-state index contributed by atoms with van der Waals surface area (Å²) in [5, 5.41) is 3.83. The summed E-state index contributed by atoms with van der Waals surface area (Å²) < 4.78 is 0. The summed E-state index contributed by atoms with van der Waals surface area (Å²) in [5.74, 6) is 0.254. The van der Waals surface area contributed by atoms with Gasteiger partial charge < -0.3 is 10.2 Å². The second kappa shape index (κ2) is 6.92. The Morgan fingerprint density at radius 1 is 1.47 bits per heavy atom. The molecular formula is C15H21ClN2O. The van der Waals surface area contributed by atoms with Gasteiger partial charge in [-0.1, -0.05) is 29.8 Å². The molecule has 1 heterocycles. The third-order valence-electron chi connectivity index (χ3n) is 3.70. The van der Waals surface area contributed by atoms with Crippen LogP contribution in [0.1, 0.15) is 24.8 Å². The topological polar surface area (TPSA) is 32.3 Å². The van der Waals surface area contributed by atoms with Gasteiger partial charge in [-0.2, -0.15) is 0 Å². The molecule has 4 heteroatoms. The lowest BCUT2D eigenvalue weighted by molar-refractivity contribution is -0.131. The van der Waals surface area contributed by atoms with Crippen molar-refractivity contribution in [3.63, 3.8) is 0 Å². The van der Waals surface area contributed by atoms with E-state index >= 15 is 0 Å². The fourth-order valence-electron chi connectivity index (χ4n) is 2.67. The second-order valence-corrected chi connectivity index (χ2v) is 5.44. The van der Waals surface area contributed by atoms with E-state index in [-0.39, 0.29) is 5.91 Å². The van der Waals surface area contributed by atoms with Crippen molar-refractivity contribution in [2.75, 3.05) is 20.1 Å². The minimum absolute atomic E-state index is 0.254. The zero-order chi connectivity index (χ0) is 13.7. The molecule has 3 nitrogen and oxygen atoms in total. The Hall–Kier alpha value is -1.06. The van der Waals surface area contributed by atoms with Crippen LogP contribution in [0.5, 0.6) is 0 Å². The molecule has 0 spiro atoms. The van der Waals surface area contributed by atoms with E-state index in [0.717, 1.165) is 42.9 Å². The molecule has 0 bridgehead atoms. The Kier molecular flexibility index (Phi) is 5.23. The van der Waals surface area contributed by atoms with Crippen molar-refractivity contribution < 1.29 is 4.79 Å². The van der Waals surface area contributed by atoms with Crippen LogP contribution in [-0.2, 0) is 11.2 Å². The van der Waals surface area contributed by atoms with Gasteiger partial charge in [0.2, 0.25) is 5.91 Å². The Bertz CT molecular complexity index is 436. The Labute approximate surface area is 119 Å². The minimum Gasteiger partial charge on any atom is -0.339 e. The maximum absolute atomic E-state index is 12.1. The molecule has 0 radical (unpaired) electrons. The summed E-state index contributed by atoms with van der Waals surface area (Å²) in [6.07, 6.45) is 3.62. The molecule has 1 aliphatic heterocycles. The molecule has 0 aliphatic carbocycles. The number of likely N-dealkylation sites (tertiary alicyclic amines) is 1. The number of carbonyl (C=O) groups excluding carboxylic acids is 1. The number of hydrogen-bond donors (Lipinski definition) is 1. The van der Waals surface area contributed by atoms with E-state index in [9.17, 15) is 4.79 Å². The largest absolute Gasteiger partial charge is 0.339 e. The highest BCUT2D eigenvalue weighted by molar-refractivity contribution is 6.31. The Morgan fingerprint density at radius 2 is 2.26 bits per heavy atom. The first-order valence-corrected chi connectivity index (χ1v) is 7.27. The molecule has 1 aliphatic rings. The minimum atomic E-state index is 0.254. The number of hydrogen-bond acceptors (Lipinski definition) is 2. The highest BCUT2D eigenvalue weighted by Gasteiger charge is 2.28. The predicted octanol–water partition coefficient (Wildman–Crippen LogP) is 2.48. The number of halogens is 1. The Morgan fingerprint density at radius 3 is 3.00 bits per heavy atom. The van der Waals surface area contributed by atoms with Crippen molar-refractivity contribution in [1.29, 1.82) is 0 Å². The van der Waals surface area contributed by atoms with Gasteiger partial charge in [0.05, 0.1) is 0 Å². The van der Waals surface area contributed by atoms with E-state index in [1.165, 1.54) is 0 Å². The lowest BCUT2D eigenvalue weighted by atomic mass is 10.0. The molecule has 19 heavy (non-hydrogen) atoms. The first-order chi connectivity index (χ1) is 9.22. The van der Waals surface area contributed by atoms with Gasteiger partial charge in [0.15, 0.2) is 0 Å². The van der Waals surface area contributed by atoms with Crippen molar-refractivity contribution in [3.05, 3.63) is 34.9 Å². The zero-order valence-electron chi connectivity index (χ0n) is 11.4.